The topological polar surface area (TPSA) is 83.5 Å². The van der Waals surface area contributed by atoms with Gasteiger partial charge in [0.2, 0.25) is 5.78 Å². The van der Waals surface area contributed by atoms with Gasteiger partial charge in [0.25, 0.3) is 5.91 Å². The first-order valence-electron chi connectivity index (χ1n) is 13.2. The first-order chi connectivity index (χ1) is 16.1. The van der Waals surface area contributed by atoms with Crippen LogP contribution in [0.4, 0.5) is 4.39 Å². The standard InChI is InChI=1S/C28H38FNO4/c1-15-11-19-18-13-21(29)20-12-17(31)9-10-27(20,2)24(18)22(32)14-28(19,3)23(15)25(33)26(34)30-16-7-5-4-6-8-16/h9-10,12,15-16,18-19,21-24,32H,4-8,11,13-14H2,1-3H3,(H,30,34)/t15-,18+,19+,21+,22+,23-,24-,27+,28+/m1/s1. The molecule has 4 fully saturated rings. The lowest BCUT2D eigenvalue weighted by molar-refractivity contribution is -0.151. The lowest BCUT2D eigenvalue weighted by atomic mass is 9.46. The van der Waals surface area contributed by atoms with Crippen LogP contribution < -0.4 is 5.32 Å². The normalized spacial score (nSPS) is 46.2. The lowest BCUT2D eigenvalue weighted by Crippen LogP contribution is -2.59. The SMILES string of the molecule is C[C@@H]1C[C@H]2[C@@H]3C[C@H](F)C4=CC(=O)C=C[C@]4(C)[C@H]3[C@@H](O)C[C@]2(C)[C@H]1C(=O)C(=O)NC1CCCCC1. The molecule has 0 bridgehead atoms. The minimum absolute atomic E-state index is 0.00293. The Labute approximate surface area is 201 Å². The number of Topliss-reactive ketones (excluding diaryl/α,β-unsaturated/α-hetero) is 1. The summed E-state index contributed by atoms with van der Waals surface area (Å²) in [5, 5.41) is 14.5. The molecule has 5 aliphatic rings. The molecule has 5 rings (SSSR count). The van der Waals surface area contributed by atoms with Crippen molar-refractivity contribution in [3.63, 3.8) is 0 Å². The highest BCUT2D eigenvalue weighted by molar-refractivity contribution is 6.37. The van der Waals surface area contributed by atoms with E-state index in [0.29, 0.717) is 12.0 Å². The molecule has 0 saturated heterocycles. The van der Waals surface area contributed by atoms with E-state index in [9.17, 15) is 19.5 Å². The van der Waals surface area contributed by atoms with Crippen molar-refractivity contribution in [1.82, 2.24) is 5.32 Å². The molecular formula is C28H38FNO4. The fraction of sp³-hybridized carbons (Fsp3) is 0.750. The van der Waals surface area contributed by atoms with Crippen molar-refractivity contribution < 1.29 is 23.9 Å². The average molecular weight is 472 g/mol. The fourth-order valence-electron chi connectivity index (χ4n) is 8.91. The van der Waals surface area contributed by atoms with Gasteiger partial charge in [-0.05, 0) is 73.0 Å². The summed E-state index contributed by atoms with van der Waals surface area (Å²) in [5.74, 6) is -1.78. The van der Waals surface area contributed by atoms with E-state index in [1.807, 2.05) is 20.8 Å². The van der Waals surface area contributed by atoms with Crippen molar-refractivity contribution in [3.8, 4) is 0 Å². The molecule has 5 aliphatic carbocycles. The number of hydrogen-bond donors (Lipinski definition) is 2. The molecule has 4 saturated carbocycles. The largest absolute Gasteiger partial charge is 0.393 e. The number of fused-ring (bicyclic) bond motifs is 5. The van der Waals surface area contributed by atoms with Gasteiger partial charge in [-0.2, -0.15) is 0 Å². The van der Waals surface area contributed by atoms with Crippen molar-refractivity contribution in [2.24, 2.45) is 40.4 Å². The van der Waals surface area contributed by atoms with E-state index < -0.39 is 34.9 Å². The van der Waals surface area contributed by atoms with Gasteiger partial charge in [0.05, 0.1) is 6.10 Å². The number of aliphatic hydroxyl groups is 1. The van der Waals surface area contributed by atoms with Gasteiger partial charge in [-0.15, -0.1) is 0 Å². The number of amides is 1. The predicted octanol–water partition coefficient (Wildman–Crippen LogP) is 4.09. The van der Waals surface area contributed by atoms with Crippen LogP contribution >= 0.6 is 0 Å². The summed E-state index contributed by atoms with van der Waals surface area (Å²) in [6.45, 7) is 6.01. The number of alkyl halides is 1. The molecule has 2 N–H and O–H groups in total. The maximum Gasteiger partial charge on any atom is 0.287 e. The lowest BCUT2D eigenvalue weighted by Gasteiger charge is -2.59. The van der Waals surface area contributed by atoms with E-state index in [4.69, 9.17) is 0 Å². The number of carbonyl (C=O) groups is 3. The Morgan fingerprint density at radius 3 is 2.56 bits per heavy atom. The van der Waals surface area contributed by atoms with Crippen LogP contribution in [0, 0.1) is 40.4 Å². The molecule has 0 unspecified atom stereocenters. The maximum absolute atomic E-state index is 15.5. The number of hydrogen-bond acceptors (Lipinski definition) is 4. The third-order valence-corrected chi connectivity index (χ3v) is 10.3. The van der Waals surface area contributed by atoms with Gasteiger partial charge < -0.3 is 10.4 Å². The summed E-state index contributed by atoms with van der Waals surface area (Å²) in [7, 11) is 0. The summed E-state index contributed by atoms with van der Waals surface area (Å²) in [6.07, 6.45) is 9.33. The van der Waals surface area contributed by atoms with Gasteiger partial charge in [-0.25, -0.2) is 4.39 Å². The van der Waals surface area contributed by atoms with Crippen LogP contribution in [0.2, 0.25) is 0 Å². The average Bonchev–Trinajstić information content (AvgIpc) is 3.04. The van der Waals surface area contributed by atoms with Gasteiger partial charge in [0, 0.05) is 23.3 Å². The Morgan fingerprint density at radius 1 is 1.15 bits per heavy atom. The smallest absolute Gasteiger partial charge is 0.287 e. The van der Waals surface area contributed by atoms with Crippen molar-refractivity contribution in [2.45, 2.75) is 90.5 Å². The van der Waals surface area contributed by atoms with E-state index in [2.05, 4.69) is 5.32 Å². The minimum Gasteiger partial charge on any atom is -0.393 e. The quantitative estimate of drug-likeness (QED) is 0.607. The van der Waals surface area contributed by atoms with Gasteiger partial charge in [0.15, 0.2) is 5.78 Å². The fourth-order valence-corrected chi connectivity index (χ4v) is 8.91. The Balaban J connectivity index is 1.42. The van der Waals surface area contributed by atoms with Crippen molar-refractivity contribution in [3.05, 3.63) is 23.8 Å². The van der Waals surface area contributed by atoms with Crippen LogP contribution in [0.3, 0.4) is 0 Å². The second-order valence-electron chi connectivity index (χ2n) is 12.3. The van der Waals surface area contributed by atoms with E-state index in [1.54, 1.807) is 6.08 Å². The predicted molar refractivity (Wildman–Crippen MR) is 126 cm³/mol. The van der Waals surface area contributed by atoms with Crippen molar-refractivity contribution in [1.29, 1.82) is 0 Å². The van der Waals surface area contributed by atoms with Crippen LogP contribution in [-0.4, -0.2) is 40.9 Å². The highest BCUT2D eigenvalue weighted by Gasteiger charge is 2.66. The van der Waals surface area contributed by atoms with Gasteiger partial charge in [0.1, 0.15) is 6.17 Å². The summed E-state index contributed by atoms with van der Waals surface area (Å²) in [4.78, 5) is 38.5. The molecule has 0 aromatic carbocycles. The molecule has 1 amide bonds. The summed E-state index contributed by atoms with van der Waals surface area (Å²) < 4.78 is 15.5. The minimum atomic E-state index is -1.24. The van der Waals surface area contributed by atoms with Crippen molar-refractivity contribution >= 4 is 17.5 Å². The molecular weight excluding hydrogens is 433 g/mol. The second kappa shape index (κ2) is 8.39. The van der Waals surface area contributed by atoms with Crippen molar-refractivity contribution in [2.75, 3.05) is 0 Å². The van der Waals surface area contributed by atoms with Crippen LogP contribution in [-0.2, 0) is 14.4 Å². The molecule has 0 aromatic heterocycles. The Bertz CT molecular complexity index is 952. The molecule has 0 radical (unpaired) electrons. The second-order valence-corrected chi connectivity index (χ2v) is 12.3. The number of halogens is 1. The molecule has 0 heterocycles. The number of rotatable bonds is 3. The highest BCUT2D eigenvalue weighted by Crippen LogP contribution is 2.67. The van der Waals surface area contributed by atoms with Crippen LogP contribution in [0.15, 0.2) is 23.8 Å². The Morgan fingerprint density at radius 2 is 1.85 bits per heavy atom. The first kappa shape index (κ1) is 23.9. The summed E-state index contributed by atoms with van der Waals surface area (Å²) in [5.41, 5.74) is -0.776. The van der Waals surface area contributed by atoms with Gasteiger partial charge in [-0.3, -0.25) is 14.4 Å². The molecule has 5 nitrogen and oxygen atoms in total. The molecule has 9 atom stereocenters. The van der Waals surface area contributed by atoms with E-state index >= 15 is 4.39 Å². The number of allylic oxidation sites excluding steroid dienone is 4. The molecule has 0 aliphatic heterocycles. The highest BCUT2D eigenvalue weighted by atomic mass is 19.1. The summed E-state index contributed by atoms with van der Waals surface area (Å²) >= 11 is 0. The third-order valence-electron chi connectivity index (χ3n) is 10.3. The summed E-state index contributed by atoms with van der Waals surface area (Å²) in [6, 6.07) is 0.0726. The monoisotopic (exact) mass is 471 g/mol. The molecule has 6 heteroatoms. The molecule has 0 aromatic rings. The number of ketones is 2. The molecule has 34 heavy (non-hydrogen) atoms. The zero-order valence-corrected chi connectivity index (χ0v) is 20.6. The number of nitrogens with one attached hydrogen (secondary N) is 1. The number of carbonyl (C=O) groups excluding carboxylic acids is 3. The van der Waals surface area contributed by atoms with E-state index in [0.717, 1.165) is 32.1 Å². The van der Waals surface area contributed by atoms with E-state index in [-0.39, 0.29) is 47.7 Å². The maximum atomic E-state index is 15.5. The molecule has 186 valence electrons. The number of aliphatic hydroxyl groups excluding tert-OH is 1. The van der Waals surface area contributed by atoms with Crippen LogP contribution in [0.5, 0.6) is 0 Å². The zero-order chi connectivity index (χ0) is 24.4. The Hall–Kier alpha value is -1.82. The van der Waals surface area contributed by atoms with Gasteiger partial charge >= 0.3 is 0 Å². The van der Waals surface area contributed by atoms with Crippen LogP contribution in [0.1, 0.15) is 72.1 Å². The Kier molecular flexibility index (Phi) is 5.90. The zero-order valence-electron chi connectivity index (χ0n) is 20.6. The van der Waals surface area contributed by atoms with Gasteiger partial charge in [-0.1, -0.05) is 46.1 Å². The van der Waals surface area contributed by atoms with Crippen LogP contribution in [0.25, 0.3) is 0 Å². The molecule has 0 spiro atoms. The van der Waals surface area contributed by atoms with E-state index in [1.165, 1.54) is 18.6 Å². The third kappa shape index (κ3) is 3.54. The first-order valence-corrected chi connectivity index (χ1v) is 13.2.